The van der Waals surface area contributed by atoms with Crippen LogP contribution in [0.5, 0.6) is 0 Å². The van der Waals surface area contributed by atoms with E-state index in [4.69, 9.17) is 18.9 Å². The van der Waals surface area contributed by atoms with Crippen molar-refractivity contribution in [1.29, 1.82) is 0 Å². The summed E-state index contributed by atoms with van der Waals surface area (Å²) in [7, 11) is 1.68. The molecule has 4 aliphatic rings. The molecule has 4 atom stereocenters. The molecule has 3 aliphatic heterocycles. The Bertz CT molecular complexity index is 548. The molecule has 0 bridgehead atoms. The molecule has 4 rings (SSSR count). The zero-order valence-corrected chi connectivity index (χ0v) is 21.3. The van der Waals surface area contributed by atoms with E-state index in [0.717, 1.165) is 24.9 Å². The number of hydrogen-bond acceptors (Lipinski definition) is 4. The Hall–Kier alpha value is -0.580. The summed E-state index contributed by atoms with van der Waals surface area (Å²) < 4.78 is 20.7. The average molecular weight is 413 g/mol. The molecule has 29 heavy (non-hydrogen) atoms. The van der Waals surface area contributed by atoms with E-state index in [1.807, 2.05) is 20.8 Å². The lowest BCUT2D eigenvalue weighted by Gasteiger charge is -2.33. The Kier molecular flexibility index (Phi) is 8.85. The lowest BCUT2D eigenvalue weighted by atomic mass is 9.77. The van der Waals surface area contributed by atoms with Gasteiger partial charge in [-0.1, -0.05) is 20.8 Å². The van der Waals surface area contributed by atoms with E-state index >= 15 is 0 Å². The standard InChI is InChI=1S/C9H16O.C6H12O.2C5H10O/c1-7-4-5-8(2)9(3,6-7)10-8;1-5(2)6(3)7-4;1-5(2)3-6-4-5;1-4-5(2,3)6-4/h7H,4-6H2,1-3H3;1-4H3;3-4H2,1-2H3;4H,1-3H3. The number of rotatable bonds is 1. The maximum Gasteiger partial charge on any atom is 0.0951 e. The first-order chi connectivity index (χ1) is 13.1. The second-order valence-corrected chi connectivity index (χ2v) is 11.2. The summed E-state index contributed by atoms with van der Waals surface area (Å²) >= 11 is 0. The summed E-state index contributed by atoms with van der Waals surface area (Å²) in [6, 6.07) is 0. The normalized spacial score (nSPS) is 36.7. The molecule has 1 saturated carbocycles. The Morgan fingerprint density at radius 2 is 1.34 bits per heavy atom. The Morgan fingerprint density at radius 3 is 1.52 bits per heavy atom. The molecule has 4 unspecified atom stereocenters. The van der Waals surface area contributed by atoms with Crippen LogP contribution in [0.4, 0.5) is 0 Å². The zero-order valence-electron chi connectivity index (χ0n) is 21.3. The quantitative estimate of drug-likeness (QED) is 0.363. The number of hydrogen-bond donors (Lipinski definition) is 0. The van der Waals surface area contributed by atoms with Crippen LogP contribution in [0.25, 0.3) is 0 Å². The van der Waals surface area contributed by atoms with Gasteiger partial charge < -0.3 is 18.9 Å². The van der Waals surface area contributed by atoms with Gasteiger partial charge in [-0.05, 0) is 86.1 Å². The van der Waals surface area contributed by atoms with Crippen LogP contribution in [-0.2, 0) is 18.9 Å². The predicted molar refractivity (Wildman–Crippen MR) is 121 cm³/mol. The van der Waals surface area contributed by atoms with Crippen LogP contribution >= 0.6 is 0 Å². The molecule has 4 nitrogen and oxygen atoms in total. The van der Waals surface area contributed by atoms with Gasteiger partial charge >= 0.3 is 0 Å². The highest BCUT2D eigenvalue weighted by molar-refractivity contribution is 5.13. The minimum atomic E-state index is 0.208. The first-order valence-corrected chi connectivity index (χ1v) is 11.2. The minimum absolute atomic E-state index is 0.208. The first-order valence-electron chi connectivity index (χ1n) is 11.2. The number of fused-ring (bicyclic) bond motifs is 1. The summed E-state index contributed by atoms with van der Waals surface area (Å²) in [4.78, 5) is 0. The monoisotopic (exact) mass is 412 g/mol. The molecule has 3 heterocycles. The Morgan fingerprint density at radius 1 is 0.897 bits per heavy atom. The maximum absolute atomic E-state index is 5.72. The van der Waals surface area contributed by atoms with Crippen LogP contribution in [0, 0.1) is 11.3 Å². The van der Waals surface area contributed by atoms with Crippen LogP contribution in [0.2, 0.25) is 0 Å². The zero-order chi connectivity index (χ0) is 22.7. The van der Waals surface area contributed by atoms with Gasteiger partial charge in [0, 0.05) is 5.41 Å². The van der Waals surface area contributed by atoms with Gasteiger partial charge in [0.1, 0.15) is 0 Å². The molecule has 172 valence electrons. The number of methoxy groups -OCH3 is 1. The molecule has 0 aromatic heterocycles. The molecule has 1 aliphatic carbocycles. The maximum atomic E-state index is 5.72. The second kappa shape index (κ2) is 9.70. The largest absolute Gasteiger partial charge is 0.501 e. The van der Waals surface area contributed by atoms with E-state index in [1.54, 1.807) is 7.11 Å². The highest BCUT2D eigenvalue weighted by atomic mass is 16.6. The Labute approximate surface area is 180 Å². The molecule has 0 amide bonds. The van der Waals surface area contributed by atoms with Crippen LogP contribution in [0.3, 0.4) is 0 Å². The van der Waals surface area contributed by atoms with Crippen molar-refractivity contribution in [2.24, 2.45) is 11.3 Å². The van der Waals surface area contributed by atoms with Crippen molar-refractivity contribution in [1.82, 2.24) is 0 Å². The summed E-state index contributed by atoms with van der Waals surface area (Å²) in [6.07, 6.45) is 4.39. The molecule has 0 aromatic rings. The van der Waals surface area contributed by atoms with Crippen molar-refractivity contribution in [3.05, 3.63) is 11.3 Å². The first kappa shape index (κ1) is 26.5. The van der Waals surface area contributed by atoms with E-state index in [9.17, 15) is 0 Å². The fourth-order valence-corrected chi connectivity index (χ4v) is 3.47. The van der Waals surface area contributed by atoms with E-state index in [0.29, 0.717) is 11.5 Å². The minimum Gasteiger partial charge on any atom is -0.501 e. The lowest BCUT2D eigenvalue weighted by Crippen LogP contribution is -2.36. The number of ether oxygens (including phenoxy) is 4. The van der Waals surface area contributed by atoms with Gasteiger partial charge in [-0.2, -0.15) is 0 Å². The van der Waals surface area contributed by atoms with Gasteiger partial charge in [-0.3, -0.25) is 0 Å². The lowest BCUT2D eigenvalue weighted by molar-refractivity contribution is -0.0892. The average Bonchev–Trinajstić information content (AvgIpc) is 3.36. The van der Waals surface area contributed by atoms with E-state index < -0.39 is 0 Å². The highest BCUT2D eigenvalue weighted by Crippen LogP contribution is 2.58. The van der Waals surface area contributed by atoms with Gasteiger partial charge in [0.15, 0.2) is 0 Å². The fraction of sp³-hybridized carbons (Fsp3) is 0.920. The number of allylic oxidation sites excluding steroid dienone is 2. The Balaban J connectivity index is 0.000000199. The van der Waals surface area contributed by atoms with Crippen molar-refractivity contribution < 1.29 is 18.9 Å². The van der Waals surface area contributed by atoms with Crippen molar-refractivity contribution in [3.8, 4) is 0 Å². The topological polar surface area (TPSA) is 43.5 Å². The van der Waals surface area contributed by atoms with Crippen molar-refractivity contribution >= 4 is 0 Å². The molecular weight excluding hydrogens is 364 g/mol. The predicted octanol–water partition coefficient (Wildman–Crippen LogP) is 6.53. The third-order valence-electron chi connectivity index (χ3n) is 6.78. The van der Waals surface area contributed by atoms with Gasteiger partial charge in [0.05, 0.1) is 49.0 Å². The van der Waals surface area contributed by atoms with Crippen LogP contribution in [0.15, 0.2) is 11.3 Å². The van der Waals surface area contributed by atoms with E-state index in [2.05, 4.69) is 55.4 Å². The SMILES string of the molecule is CC1(C)COC1.CC1CCC2(C)OC2(C)C1.CC1OC1(C)C.COC(C)=C(C)C. The molecule has 4 heteroatoms. The highest BCUT2D eigenvalue weighted by Gasteiger charge is 2.64. The third kappa shape index (κ3) is 8.22. The smallest absolute Gasteiger partial charge is 0.0951 e. The molecule has 0 aromatic carbocycles. The van der Waals surface area contributed by atoms with Gasteiger partial charge in [-0.15, -0.1) is 0 Å². The van der Waals surface area contributed by atoms with E-state index in [-0.39, 0.29) is 16.8 Å². The summed E-state index contributed by atoms with van der Waals surface area (Å²) in [5.41, 5.74) is 2.46. The van der Waals surface area contributed by atoms with Crippen molar-refractivity contribution in [2.75, 3.05) is 20.3 Å². The second-order valence-electron chi connectivity index (χ2n) is 11.2. The summed E-state index contributed by atoms with van der Waals surface area (Å²) in [6.45, 7) is 25.4. The van der Waals surface area contributed by atoms with Crippen molar-refractivity contribution in [2.45, 2.75) is 118 Å². The fourth-order valence-electron chi connectivity index (χ4n) is 3.47. The van der Waals surface area contributed by atoms with Crippen LogP contribution in [-0.4, -0.2) is 43.2 Å². The van der Waals surface area contributed by atoms with Gasteiger partial charge in [-0.25, -0.2) is 0 Å². The molecule has 0 radical (unpaired) electrons. The van der Waals surface area contributed by atoms with Crippen LogP contribution < -0.4 is 0 Å². The molecule has 0 spiro atoms. The summed E-state index contributed by atoms with van der Waals surface area (Å²) in [5, 5.41) is 0. The molecule has 3 saturated heterocycles. The van der Waals surface area contributed by atoms with E-state index in [1.165, 1.54) is 24.8 Å². The summed E-state index contributed by atoms with van der Waals surface area (Å²) in [5.74, 6) is 1.89. The molecule has 0 N–H and O–H groups in total. The van der Waals surface area contributed by atoms with Crippen LogP contribution in [0.1, 0.15) is 95.4 Å². The van der Waals surface area contributed by atoms with Crippen molar-refractivity contribution in [3.63, 3.8) is 0 Å². The number of epoxide rings is 2. The van der Waals surface area contributed by atoms with Gasteiger partial charge in [0.2, 0.25) is 0 Å². The third-order valence-corrected chi connectivity index (χ3v) is 6.78. The molecular formula is C25H48O4. The van der Waals surface area contributed by atoms with Gasteiger partial charge in [0.25, 0.3) is 0 Å². The molecule has 4 fully saturated rings.